The molecule has 0 amide bonds. The van der Waals surface area contributed by atoms with Crippen LogP contribution in [0, 0.1) is 19.0 Å². The van der Waals surface area contributed by atoms with E-state index in [1.807, 2.05) is 152 Å². The van der Waals surface area contributed by atoms with E-state index in [0.717, 1.165) is 49.8 Å². The molecule has 4 heterocycles. The van der Waals surface area contributed by atoms with Crippen molar-refractivity contribution in [2.75, 3.05) is 0 Å². The van der Waals surface area contributed by atoms with Gasteiger partial charge in [0, 0.05) is 50.3 Å². The van der Waals surface area contributed by atoms with Crippen molar-refractivity contribution in [3.05, 3.63) is 162 Å². The van der Waals surface area contributed by atoms with E-state index in [1.54, 1.807) is 24.5 Å². The van der Waals surface area contributed by atoms with Crippen LogP contribution in [-0.4, -0.2) is 15.0 Å². The Morgan fingerprint density at radius 1 is 0.691 bits per heavy atom. The number of aryl methyl sites for hydroxylation is 1. The second-order valence-corrected chi connectivity index (χ2v) is 14.9. The molecule has 4 aromatic heterocycles. The van der Waals surface area contributed by atoms with E-state index < -0.39 is 24.1 Å². The Morgan fingerprint density at radius 2 is 1.42 bits per heavy atom. The van der Waals surface area contributed by atoms with Crippen LogP contribution in [-0.2, 0) is 25.5 Å². The summed E-state index contributed by atoms with van der Waals surface area (Å²) in [5.41, 5.74) is 9.34. The zero-order valence-corrected chi connectivity index (χ0v) is 34.6. The number of rotatable bonds is 6. The normalized spacial score (nSPS) is 13.4. The number of hydrogen-bond donors (Lipinski definition) is 0. The number of nitrogens with zero attached hydrogens (tertiary/aromatic N) is 3. The molecule has 0 aliphatic carbocycles. The first-order valence-electron chi connectivity index (χ1n) is 20.7. The van der Waals surface area contributed by atoms with Crippen LogP contribution in [0.3, 0.4) is 0 Å². The fraction of sp³-hybridized carbons (Fsp3) is 0.220. The summed E-state index contributed by atoms with van der Waals surface area (Å²) in [6, 6.07) is 43.4. The van der Waals surface area contributed by atoms with E-state index in [1.165, 1.54) is 0 Å². The van der Waals surface area contributed by atoms with Crippen LogP contribution in [0.5, 0.6) is 0 Å². The van der Waals surface area contributed by atoms with Gasteiger partial charge >= 0.3 is 0 Å². The van der Waals surface area contributed by atoms with Gasteiger partial charge in [-0.05, 0) is 81.5 Å². The van der Waals surface area contributed by atoms with Crippen LogP contribution in [0.15, 0.2) is 132 Å². The topological polar surface area (TPSA) is 51.8 Å². The Kier molecular flexibility index (Phi) is 10.0. The number of hydrogen-bond acceptors (Lipinski definition) is 4. The van der Waals surface area contributed by atoms with E-state index >= 15 is 0 Å². The molecule has 0 spiro atoms. The predicted molar refractivity (Wildman–Crippen MR) is 225 cm³/mol. The third-order valence-electron chi connectivity index (χ3n) is 9.50. The molecule has 55 heavy (non-hydrogen) atoms. The Morgan fingerprint density at radius 3 is 2.05 bits per heavy atom. The molecule has 0 fully saturated rings. The first-order chi connectivity index (χ1) is 27.8. The molecular formula is C50H47IrN3O-2. The van der Waals surface area contributed by atoms with Gasteiger partial charge in [-0.2, -0.15) is 0 Å². The predicted octanol–water partition coefficient (Wildman–Crippen LogP) is 13.6. The maximum atomic E-state index is 9.15. The summed E-state index contributed by atoms with van der Waals surface area (Å²) >= 11 is 0. The molecule has 8 rings (SSSR count). The molecule has 0 aliphatic heterocycles. The Bertz CT molecular complexity index is 2680. The smallest absolute Gasteiger partial charge is 0.216 e. The van der Waals surface area contributed by atoms with Gasteiger partial charge in [0.25, 0.3) is 0 Å². The van der Waals surface area contributed by atoms with Crippen molar-refractivity contribution in [1.29, 1.82) is 0 Å². The van der Waals surface area contributed by atoms with Gasteiger partial charge in [-0.25, -0.2) is 4.98 Å². The number of benzene rings is 4. The maximum absolute atomic E-state index is 9.15. The van der Waals surface area contributed by atoms with Gasteiger partial charge in [0.15, 0.2) is 0 Å². The van der Waals surface area contributed by atoms with Gasteiger partial charge in [-0.3, -0.25) is 0 Å². The SMILES string of the molecule is [2H]C([2H])([2H])c1cc(-c2[c-]ccc3c2oc2nc(-c4c(C([2H])(C)C)cc(-c5ccccc5)cc4C([2H])(C)C)ccc23)ncc1C(C)(C)C.[Ir].[c-]1ccccc1-c1ccccn1. The zero-order valence-electron chi connectivity index (χ0n) is 37.2. The molecule has 4 aromatic carbocycles. The maximum Gasteiger partial charge on any atom is 0.216 e. The van der Waals surface area contributed by atoms with Gasteiger partial charge in [0.05, 0.1) is 11.3 Å². The van der Waals surface area contributed by atoms with Crippen LogP contribution < -0.4 is 0 Å². The van der Waals surface area contributed by atoms with Crippen molar-refractivity contribution in [1.82, 2.24) is 15.0 Å². The molecule has 279 valence electrons. The van der Waals surface area contributed by atoms with Crippen molar-refractivity contribution in [2.24, 2.45) is 0 Å². The molecule has 0 aliphatic rings. The van der Waals surface area contributed by atoms with E-state index in [-0.39, 0.29) is 25.7 Å². The summed E-state index contributed by atoms with van der Waals surface area (Å²) in [5, 5.41) is 1.60. The van der Waals surface area contributed by atoms with Crippen LogP contribution in [0.4, 0.5) is 0 Å². The summed E-state index contributed by atoms with van der Waals surface area (Å²) in [6.45, 7) is 11.0. The van der Waals surface area contributed by atoms with Gasteiger partial charge < -0.3 is 14.4 Å². The molecule has 0 saturated carbocycles. The van der Waals surface area contributed by atoms with E-state index in [2.05, 4.69) is 22.1 Å². The molecule has 0 saturated heterocycles. The summed E-state index contributed by atoms with van der Waals surface area (Å²) in [4.78, 5) is 13.9. The van der Waals surface area contributed by atoms with Crippen molar-refractivity contribution >= 4 is 22.1 Å². The largest absolute Gasteiger partial charge is 0.486 e. The molecule has 4 nitrogen and oxygen atoms in total. The molecule has 0 N–H and O–H groups in total. The van der Waals surface area contributed by atoms with E-state index in [0.29, 0.717) is 33.8 Å². The molecular weight excluding hydrogens is 851 g/mol. The minimum atomic E-state index is -2.32. The van der Waals surface area contributed by atoms with Crippen molar-refractivity contribution in [3.63, 3.8) is 0 Å². The van der Waals surface area contributed by atoms with Crippen molar-refractivity contribution in [3.8, 4) is 44.9 Å². The van der Waals surface area contributed by atoms with Gasteiger partial charge in [0.2, 0.25) is 5.71 Å². The fourth-order valence-corrected chi connectivity index (χ4v) is 6.72. The standard InChI is InChI=1S/C39H39N2O.C11H8N.Ir/c1-23(2)31-20-27(26-13-10-9-11-14-26)21-32(24(3)4)36(31)34-18-17-29-28-15-12-16-30(37(28)42-38(29)41-34)35-19-25(5)33(22-40-35)39(6,7)8;1-2-6-10(7-3-1)11-8-4-5-9-12-11;/h9-15,17-24H,1-8H3;1-6,8-9H;/q2*-1;/i5D3,23D,24D;;. The summed E-state index contributed by atoms with van der Waals surface area (Å²) < 4.78 is 49.4. The second kappa shape index (κ2) is 16.7. The minimum absolute atomic E-state index is 0. The average Bonchev–Trinajstić information content (AvgIpc) is 3.58. The van der Waals surface area contributed by atoms with Gasteiger partial charge in [-0.1, -0.05) is 126 Å². The van der Waals surface area contributed by atoms with Gasteiger partial charge in [0.1, 0.15) is 0 Å². The van der Waals surface area contributed by atoms with Crippen molar-refractivity contribution in [2.45, 2.75) is 72.5 Å². The fourth-order valence-electron chi connectivity index (χ4n) is 6.72. The first-order valence-corrected chi connectivity index (χ1v) is 18.2. The Labute approximate surface area is 346 Å². The number of pyridine rings is 3. The van der Waals surface area contributed by atoms with Crippen LogP contribution in [0.25, 0.3) is 67.0 Å². The summed E-state index contributed by atoms with van der Waals surface area (Å²) in [5.74, 6) is -1.98. The first kappa shape index (κ1) is 33.1. The summed E-state index contributed by atoms with van der Waals surface area (Å²) in [6.07, 6.45) is 3.44. The number of fused-ring (bicyclic) bond motifs is 3. The molecule has 0 unspecified atom stereocenters. The van der Waals surface area contributed by atoms with Crippen molar-refractivity contribution < 1.29 is 31.4 Å². The average molecular weight is 903 g/mol. The zero-order chi connectivity index (χ0) is 42.3. The summed E-state index contributed by atoms with van der Waals surface area (Å²) in [7, 11) is 0. The van der Waals surface area contributed by atoms with Crippen LogP contribution in [0.1, 0.15) is 89.4 Å². The third-order valence-corrected chi connectivity index (χ3v) is 9.50. The monoisotopic (exact) mass is 903 g/mol. The van der Waals surface area contributed by atoms with Gasteiger partial charge in [-0.15, -0.1) is 54.1 Å². The van der Waals surface area contributed by atoms with E-state index in [9.17, 15) is 0 Å². The van der Waals surface area contributed by atoms with Crippen LogP contribution >= 0.6 is 0 Å². The Hall–Kier alpha value is -5.22. The number of furan rings is 1. The molecule has 0 bridgehead atoms. The molecule has 5 heteroatoms. The Balaban J connectivity index is 0.000000397. The minimum Gasteiger partial charge on any atom is -0.486 e. The number of aromatic nitrogens is 3. The molecule has 8 aromatic rings. The second-order valence-electron chi connectivity index (χ2n) is 14.9. The van der Waals surface area contributed by atoms with Crippen LogP contribution in [0.2, 0.25) is 0 Å². The van der Waals surface area contributed by atoms with E-state index in [4.69, 9.17) is 16.3 Å². The third kappa shape index (κ3) is 8.39. The molecule has 0 atom stereocenters. The quantitative estimate of drug-likeness (QED) is 0.156. The molecule has 1 radical (unpaired) electrons.